The number of benzene rings is 2. The van der Waals surface area contributed by atoms with Gasteiger partial charge in [0.05, 0.1) is 5.56 Å². The second kappa shape index (κ2) is 5.06. The Morgan fingerprint density at radius 3 is 2.32 bits per heavy atom. The fourth-order valence-electron chi connectivity index (χ4n) is 2.14. The van der Waals surface area contributed by atoms with Crippen molar-refractivity contribution < 1.29 is 9.90 Å². The van der Waals surface area contributed by atoms with E-state index in [9.17, 15) is 9.90 Å². The van der Waals surface area contributed by atoms with E-state index in [4.69, 9.17) is 11.6 Å². The zero-order valence-electron chi connectivity index (χ0n) is 11.1. The van der Waals surface area contributed by atoms with Crippen molar-refractivity contribution in [1.29, 1.82) is 0 Å². The minimum atomic E-state index is -0.911. The summed E-state index contributed by atoms with van der Waals surface area (Å²) in [6.07, 6.45) is 0. The molecule has 2 rings (SSSR count). The van der Waals surface area contributed by atoms with Crippen LogP contribution >= 0.6 is 11.6 Å². The Bertz CT molecular complexity index is 660. The Labute approximate surface area is 117 Å². The summed E-state index contributed by atoms with van der Waals surface area (Å²) in [5.74, 6) is -0.911. The lowest BCUT2D eigenvalue weighted by molar-refractivity contribution is 0.0697. The molecule has 0 unspecified atom stereocenters. The molecular weight excluding hydrogens is 260 g/mol. The third-order valence-electron chi connectivity index (χ3n) is 3.20. The number of aromatic carboxylic acids is 1. The van der Waals surface area contributed by atoms with Gasteiger partial charge in [0.1, 0.15) is 0 Å². The molecule has 0 fully saturated rings. The van der Waals surface area contributed by atoms with Crippen LogP contribution in [-0.2, 0) is 0 Å². The second-order valence-electron chi connectivity index (χ2n) is 4.77. The third-order valence-corrected chi connectivity index (χ3v) is 3.61. The first-order valence-electron chi connectivity index (χ1n) is 6.01. The van der Waals surface area contributed by atoms with Gasteiger partial charge in [0, 0.05) is 5.02 Å². The molecule has 0 bridgehead atoms. The molecular formula is C16H15ClO2. The fraction of sp³-hybridized carbons (Fsp3) is 0.188. The van der Waals surface area contributed by atoms with Crippen molar-refractivity contribution in [1.82, 2.24) is 0 Å². The highest BCUT2D eigenvalue weighted by molar-refractivity contribution is 6.31. The summed E-state index contributed by atoms with van der Waals surface area (Å²) in [6, 6.07) is 9.28. The maximum absolute atomic E-state index is 11.4. The topological polar surface area (TPSA) is 37.3 Å². The van der Waals surface area contributed by atoms with Gasteiger partial charge in [-0.2, -0.15) is 0 Å². The molecule has 0 aliphatic heterocycles. The minimum absolute atomic E-state index is 0.324. The summed E-state index contributed by atoms with van der Waals surface area (Å²) >= 11 is 6.08. The number of hydrogen-bond donors (Lipinski definition) is 1. The van der Waals surface area contributed by atoms with Crippen LogP contribution in [0.1, 0.15) is 27.0 Å². The van der Waals surface area contributed by atoms with E-state index in [1.54, 1.807) is 6.07 Å². The summed E-state index contributed by atoms with van der Waals surface area (Å²) in [5, 5.41) is 10.0. The number of aryl methyl sites for hydroxylation is 3. The van der Waals surface area contributed by atoms with Crippen molar-refractivity contribution in [3.8, 4) is 11.1 Å². The minimum Gasteiger partial charge on any atom is -0.478 e. The first-order chi connectivity index (χ1) is 8.90. The Balaban J connectivity index is 2.72. The summed E-state index contributed by atoms with van der Waals surface area (Å²) in [7, 11) is 0. The molecule has 0 aliphatic carbocycles. The molecule has 2 aromatic rings. The van der Waals surface area contributed by atoms with E-state index in [0.717, 1.165) is 27.8 Å². The van der Waals surface area contributed by atoms with Gasteiger partial charge in [0.25, 0.3) is 0 Å². The lowest BCUT2D eigenvalue weighted by atomic mass is 9.93. The van der Waals surface area contributed by atoms with Crippen molar-refractivity contribution in [3.05, 3.63) is 57.6 Å². The average Bonchev–Trinajstić information content (AvgIpc) is 2.34. The molecule has 0 aromatic heterocycles. The number of carboxylic acids is 1. The average molecular weight is 275 g/mol. The molecule has 19 heavy (non-hydrogen) atoms. The molecule has 3 heteroatoms. The molecule has 1 N–H and O–H groups in total. The molecule has 0 spiro atoms. The summed E-state index contributed by atoms with van der Waals surface area (Å²) < 4.78 is 0. The van der Waals surface area contributed by atoms with Crippen LogP contribution in [0.4, 0.5) is 0 Å². The molecule has 2 aromatic carbocycles. The van der Waals surface area contributed by atoms with Crippen molar-refractivity contribution in [2.45, 2.75) is 20.8 Å². The largest absolute Gasteiger partial charge is 0.478 e. The van der Waals surface area contributed by atoms with Crippen molar-refractivity contribution in [3.63, 3.8) is 0 Å². The molecule has 0 saturated carbocycles. The van der Waals surface area contributed by atoms with Gasteiger partial charge >= 0.3 is 5.97 Å². The van der Waals surface area contributed by atoms with Crippen LogP contribution in [0, 0.1) is 20.8 Å². The number of carboxylic acid groups (broad SMARTS) is 1. The van der Waals surface area contributed by atoms with Crippen molar-refractivity contribution in [2.24, 2.45) is 0 Å². The van der Waals surface area contributed by atoms with Crippen LogP contribution in [0.2, 0.25) is 5.02 Å². The first kappa shape index (κ1) is 13.6. The van der Waals surface area contributed by atoms with Crippen molar-refractivity contribution in [2.75, 3.05) is 0 Å². The van der Waals surface area contributed by atoms with Gasteiger partial charge in [-0.05, 0) is 61.2 Å². The van der Waals surface area contributed by atoms with Crippen LogP contribution in [0.5, 0.6) is 0 Å². The predicted octanol–water partition coefficient (Wildman–Crippen LogP) is 4.63. The lowest BCUT2D eigenvalue weighted by Crippen LogP contribution is -2.01. The Morgan fingerprint density at radius 2 is 1.68 bits per heavy atom. The van der Waals surface area contributed by atoms with E-state index in [-0.39, 0.29) is 0 Å². The van der Waals surface area contributed by atoms with E-state index in [1.165, 1.54) is 0 Å². The number of halogens is 1. The van der Waals surface area contributed by atoms with Gasteiger partial charge in [-0.25, -0.2) is 4.79 Å². The number of hydrogen-bond acceptors (Lipinski definition) is 1. The van der Waals surface area contributed by atoms with Gasteiger partial charge in [-0.3, -0.25) is 0 Å². The van der Waals surface area contributed by atoms with Crippen molar-refractivity contribution >= 4 is 17.6 Å². The maximum Gasteiger partial charge on any atom is 0.336 e. The quantitative estimate of drug-likeness (QED) is 0.867. The molecule has 0 heterocycles. The van der Waals surface area contributed by atoms with Gasteiger partial charge in [0.15, 0.2) is 0 Å². The molecule has 0 saturated heterocycles. The standard InChI is InChI=1S/C16H15ClO2/c1-9-4-5-12(14(6-9)16(18)19)13-7-11(3)15(17)8-10(13)2/h4-8H,1-3H3,(H,18,19). The zero-order valence-corrected chi connectivity index (χ0v) is 11.9. The smallest absolute Gasteiger partial charge is 0.336 e. The van der Waals surface area contributed by atoms with E-state index < -0.39 is 5.97 Å². The monoisotopic (exact) mass is 274 g/mol. The Kier molecular flexibility index (Phi) is 3.63. The highest BCUT2D eigenvalue weighted by atomic mass is 35.5. The van der Waals surface area contributed by atoms with Gasteiger partial charge < -0.3 is 5.11 Å². The normalized spacial score (nSPS) is 10.5. The predicted molar refractivity (Wildman–Crippen MR) is 78.1 cm³/mol. The summed E-state index contributed by atoms with van der Waals surface area (Å²) in [6.45, 7) is 5.74. The molecule has 0 atom stereocenters. The molecule has 0 amide bonds. The summed E-state index contributed by atoms with van der Waals surface area (Å²) in [5.41, 5.74) is 4.82. The highest BCUT2D eigenvalue weighted by Crippen LogP contribution is 2.31. The van der Waals surface area contributed by atoms with Crippen LogP contribution in [0.25, 0.3) is 11.1 Å². The number of carbonyl (C=O) groups is 1. The molecule has 98 valence electrons. The third kappa shape index (κ3) is 2.64. The van der Waals surface area contributed by atoms with Crippen LogP contribution < -0.4 is 0 Å². The molecule has 0 aliphatic rings. The lowest BCUT2D eigenvalue weighted by Gasteiger charge is -2.12. The highest BCUT2D eigenvalue weighted by Gasteiger charge is 2.14. The van der Waals surface area contributed by atoms with E-state index in [2.05, 4.69) is 0 Å². The van der Waals surface area contributed by atoms with Crippen LogP contribution in [-0.4, -0.2) is 11.1 Å². The van der Waals surface area contributed by atoms with Gasteiger partial charge in [-0.1, -0.05) is 29.3 Å². The Morgan fingerprint density at radius 1 is 1.00 bits per heavy atom. The fourth-order valence-corrected chi connectivity index (χ4v) is 2.36. The van der Waals surface area contributed by atoms with Gasteiger partial charge in [-0.15, -0.1) is 0 Å². The maximum atomic E-state index is 11.4. The molecule has 2 nitrogen and oxygen atoms in total. The Hall–Kier alpha value is -1.80. The molecule has 0 radical (unpaired) electrons. The van der Waals surface area contributed by atoms with E-state index in [0.29, 0.717) is 10.6 Å². The second-order valence-corrected chi connectivity index (χ2v) is 5.18. The van der Waals surface area contributed by atoms with E-state index in [1.807, 2.05) is 45.0 Å². The van der Waals surface area contributed by atoms with Gasteiger partial charge in [0.2, 0.25) is 0 Å². The number of rotatable bonds is 2. The zero-order chi connectivity index (χ0) is 14.2. The van der Waals surface area contributed by atoms with Crippen LogP contribution in [0.15, 0.2) is 30.3 Å². The SMILES string of the molecule is Cc1ccc(-c2cc(C)c(Cl)cc2C)c(C(=O)O)c1. The van der Waals surface area contributed by atoms with E-state index >= 15 is 0 Å². The first-order valence-corrected chi connectivity index (χ1v) is 6.39. The summed E-state index contributed by atoms with van der Waals surface area (Å²) in [4.78, 5) is 11.4. The van der Waals surface area contributed by atoms with Crippen LogP contribution in [0.3, 0.4) is 0 Å².